The maximum atomic E-state index is 11.8. The van der Waals surface area contributed by atoms with Crippen molar-refractivity contribution in [3.63, 3.8) is 0 Å². The molecule has 0 N–H and O–H groups in total. The average molecular weight is 266 g/mol. The molecule has 0 aromatic carbocycles. The van der Waals surface area contributed by atoms with Crippen LogP contribution in [0.25, 0.3) is 0 Å². The van der Waals surface area contributed by atoms with Crippen LogP contribution in [0.5, 0.6) is 0 Å². The van der Waals surface area contributed by atoms with Gasteiger partial charge in [0.1, 0.15) is 0 Å². The summed E-state index contributed by atoms with van der Waals surface area (Å²) in [4.78, 5) is 0. The number of hydrogen-bond donors (Lipinski definition) is 0. The van der Waals surface area contributed by atoms with E-state index in [2.05, 4.69) is 20.4 Å². The third-order valence-electron chi connectivity index (χ3n) is 2.35. The third kappa shape index (κ3) is 2.62. The van der Waals surface area contributed by atoms with Gasteiger partial charge in [-0.05, 0) is 5.92 Å². The van der Waals surface area contributed by atoms with E-state index in [9.17, 15) is 4.21 Å². The quantitative estimate of drug-likeness (QED) is 0.336. The molecule has 0 saturated carbocycles. The Bertz CT molecular complexity index is 264. The van der Waals surface area contributed by atoms with Gasteiger partial charge in [0.25, 0.3) is 0 Å². The van der Waals surface area contributed by atoms with E-state index in [1.165, 1.54) is 0 Å². The van der Waals surface area contributed by atoms with Crippen molar-refractivity contribution in [3.8, 4) is 0 Å². The molecule has 1 unspecified atom stereocenters. The minimum atomic E-state index is -0.930. The van der Waals surface area contributed by atoms with Crippen LogP contribution < -0.4 is 0 Å². The van der Waals surface area contributed by atoms with Crippen LogP contribution in [0.2, 0.25) is 0 Å². The van der Waals surface area contributed by atoms with Crippen LogP contribution >= 0.6 is 33.8 Å². The first-order chi connectivity index (χ1) is 6.59. The highest BCUT2D eigenvalue weighted by Gasteiger charge is 2.41. The van der Waals surface area contributed by atoms with Crippen LogP contribution in [0, 0.1) is 11.8 Å². The van der Waals surface area contributed by atoms with Crippen molar-refractivity contribution in [1.82, 2.24) is 0 Å². The predicted molar refractivity (Wildman–Crippen MR) is 73.1 cm³/mol. The summed E-state index contributed by atoms with van der Waals surface area (Å²) >= 11 is 5.15. The van der Waals surface area contributed by atoms with Gasteiger partial charge in [0.2, 0.25) is 0 Å². The highest BCUT2D eigenvalue weighted by molar-refractivity contribution is 8.78. The van der Waals surface area contributed by atoms with Gasteiger partial charge in [-0.15, -0.1) is 6.58 Å². The second kappa shape index (κ2) is 5.68. The van der Waals surface area contributed by atoms with Crippen LogP contribution in [0.1, 0.15) is 13.8 Å². The van der Waals surface area contributed by atoms with Crippen molar-refractivity contribution in [3.05, 3.63) is 12.7 Å². The van der Waals surface area contributed by atoms with E-state index in [0.717, 1.165) is 9.95 Å². The van der Waals surface area contributed by atoms with E-state index < -0.39 is 10.8 Å². The Morgan fingerprint density at radius 2 is 2.29 bits per heavy atom. The molecule has 1 rings (SSSR count). The molecule has 0 bridgehead atoms. The first-order valence-electron chi connectivity index (χ1n) is 4.43. The van der Waals surface area contributed by atoms with Crippen molar-refractivity contribution in [2.75, 3.05) is 5.75 Å². The SMILES string of the molecule is C=CCSS[C@H]1[C@@H](C)[C@@H](C)C(=S)S1=O. The van der Waals surface area contributed by atoms with Crippen LogP contribution in [-0.4, -0.2) is 18.7 Å². The fraction of sp³-hybridized carbons (Fsp3) is 0.667. The Labute approximate surface area is 101 Å². The van der Waals surface area contributed by atoms with E-state index in [0.29, 0.717) is 11.8 Å². The van der Waals surface area contributed by atoms with Gasteiger partial charge < -0.3 is 0 Å². The van der Waals surface area contributed by atoms with Gasteiger partial charge in [0.05, 0.1) is 19.6 Å². The maximum absolute atomic E-state index is 11.8. The van der Waals surface area contributed by atoms with E-state index in [1.54, 1.807) is 21.6 Å². The second-order valence-corrected chi connectivity index (χ2v) is 8.40. The van der Waals surface area contributed by atoms with E-state index >= 15 is 0 Å². The monoisotopic (exact) mass is 266 g/mol. The lowest BCUT2D eigenvalue weighted by Gasteiger charge is -2.13. The highest BCUT2D eigenvalue weighted by atomic mass is 33.1. The summed E-state index contributed by atoms with van der Waals surface area (Å²) in [6.45, 7) is 7.86. The smallest absolute Gasteiger partial charge is 0.0988 e. The molecule has 1 aliphatic heterocycles. The molecule has 80 valence electrons. The van der Waals surface area contributed by atoms with Crippen LogP contribution in [0.15, 0.2) is 12.7 Å². The molecule has 4 atom stereocenters. The van der Waals surface area contributed by atoms with Crippen molar-refractivity contribution >= 4 is 48.8 Å². The summed E-state index contributed by atoms with van der Waals surface area (Å²) < 4.78 is 12.7. The van der Waals surface area contributed by atoms with Gasteiger partial charge >= 0.3 is 0 Å². The van der Waals surface area contributed by atoms with E-state index in [-0.39, 0.29) is 4.58 Å². The lowest BCUT2D eigenvalue weighted by molar-refractivity contribution is 0.544. The zero-order valence-electron chi connectivity index (χ0n) is 8.26. The minimum Gasteiger partial charge on any atom is -0.253 e. The number of rotatable bonds is 4. The molecule has 14 heavy (non-hydrogen) atoms. The normalized spacial score (nSPS) is 37.4. The topological polar surface area (TPSA) is 17.1 Å². The number of hydrogen-bond acceptors (Lipinski definition) is 4. The Morgan fingerprint density at radius 3 is 2.71 bits per heavy atom. The van der Waals surface area contributed by atoms with Crippen molar-refractivity contribution in [1.29, 1.82) is 0 Å². The summed E-state index contributed by atoms with van der Waals surface area (Å²) in [5, 5.41) is 0. The maximum Gasteiger partial charge on any atom is 0.0988 e. The Morgan fingerprint density at radius 1 is 1.64 bits per heavy atom. The standard InChI is InChI=1S/C9H14OS4/c1-4-5-12-13-9-7(3)6(2)8(11)14(9)10/h4,6-7,9H,1,5H2,2-3H3/t6-,7+,9-,14?/m1/s1. The first-order valence-corrected chi connectivity index (χ1v) is 8.43. The summed E-state index contributed by atoms with van der Waals surface area (Å²) in [7, 11) is 2.47. The van der Waals surface area contributed by atoms with Crippen molar-refractivity contribution in [2.45, 2.75) is 18.4 Å². The third-order valence-corrected chi connectivity index (χ3v) is 8.58. The molecule has 0 aromatic rings. The molecule has 0 spiro atoms. The lowest BCUT2D eigenvalue weighted by Crippen LogP contribution is -2.12. The van der Waals surface area contributed by atoms with Gasteiger partial charge in [0, 0.05) is 11.7 Å². The summed E-state index contributed by atoms with van der Waals surface area (Å²) in [5.41, 5.74) is 0. The molecule has 0 radical (unpaired) electrons. The van der Waals surface area contributed by atoms with Gasteiger partial charge in [0.15, 0.2) is 0 Å². The van der Waals surface area contributed by atoms with Gasteiger partial charge in [-0.2, -0.15) is 0 Å². The fourth-order valence-corrected chi connectivity index (χ4v) is 7.28. The highest BCUT2D eigenvalue weighted by Crippen LogP contribution is 2.42. The summed E-state index contributed by atoms with van der Waals surface area (Å²) in [5.74, 6) is 1.63. The van der Waals surface area contributed by atoms with Crippen molar-refractivity contribution < 1.29 is 4.21 Å². The first kappa shape index (κ1) is 12.7. The van der Waals surface area contributed by atoms with Gasteiger partial charge in [-0.25, -0.2) is 0 Å². The fourth-order valence-electron chi connectivity index (χ4n) is 1.22. The van der Waals surface area contributed by atoms with Gasteiger partial charge in [-0.1, -0.05) is 53.7 Å². The molecule has 1 heterocycles. The molecule has 1 aliphatic rings. The summed E-state index contributed by atoms with van der Waals surface area (Å²) in [6, 6.07) is 0. The Hall–Kier alpha value is 0.680. The lowest BCUT2D eigenvalue weighted by atomic mass is 10.0. The van der Waals surface area contributed by atoms with Crippen LogP contribution in [-0.2, 0) is 10.8 Å². The number of thiocarbonyl (C=S) groups is 1. The zero-order valence-corrected chi connectivity index (χ0v) is 11.5. The molecule has 0 aliphatic carbocycles. The molecular weight excluding hydrogens is 252 g/mol. The average Bonchev–Trinajstić information content (AvgIpc) is 2.35. The van der Waals surface area contributed by atoms with Crippen LogP contribution in [0.3, 0.4) is 0 Å². The molecule has 1 nitrogen and oxygen atoms in total. The molecule has 5 heteroatoms. The van der Waals surface area contributed by atoms with E-state index in [4.69, 9.17) is 12.2 Å². The van der Waals surface area contributed by atoms with Gasteiger partial charge in [-0.3, -0.25) is 4.21 Å². The predicted octanol–water partition coefficient (Wildman–Crippen LogP) is 3.24. The largest absolute Gasteiger partial charge is 0.253 e. The molecule has 0 aromatic heterocycles. The Balaban J connectivity index is 2.56. The zero-order chi connectivity index (χ0) is 10.7. The molecule has 1 saturated heterocycles. The molecule has 1 fully saturated rings. The van der Waals surface area contributed by atoms with E-state index in [1.807, 2.05) is 6.08 Å². The molecule has 0 amide bonds. The molecular formula is C9H14OS4. The summed E-state index contributed by atoms with van der Waals surface area (Å²) in [6.07, 6.45) is 1.86. The second-order valence-electron chi connectivity index (χ2n) is 3.30. The Kier molecular flexibility index (Phi) is 5.17. The van der Waals surface area contributed by atoms with Crippen molar-refractivity contribution in [2.24, 2.45) is 11.8 Å². The minimum absolute atomic E-state index is 0.169. The van der Waals surface area contributed by atoms with Crippen LogP contribution in [0.4, 0.5) is 0 Å².